The van der Waals surface area contributed by atoms with Crippen molar-refractivity contribution in [1.82, 2.24) is 9.80 Å². The minimum atomic E-state index is -0.576. The molecule has 3 aliphatic rings. The minimum Gasteiger partial charge on any atom is -0.496 e. The van der Waals surface area contributed by atoms with Gasteiger partial charge in [0.1, 0.15) is 5.75 Å². The molecule has 0 unspecified atom stereocenters. The number of thioether (sulfide) groups is 1. The van der Waals surface area contributed by atoms with E-state index in [2.05, 4.69) is 0 Å². The van der Waals surface area contributed by atoms with Crippen LogP contribution >= 0.6 is 11.8 Å². The van der Waals surface area contributed by atoms with E-state index in [0.717, 1.165) is 17.7 Å². The van der Waals surface area contributed by atoms with Gasteiger partial charge in [-0.1, -0.05) is 30.0 Å². The third kappa shape index (κ3) is 5.75. The monoisotopic (exact) mass is 541 g/mol. The molecule has 0 aromatic heterocycles. The number of carbonyl (C=O) groups excluding carboxylic acids is 3. The number of piperidine rings is 1. The molecule has 0 radical (unpaired) electrons. The Balaban J connectivity index is 1.64. The second-order valence-corrected chi connectivity index (χ2v) is 10.5. The van der Waals surface area contributed by atoms with Crippen molar-refractivity contribution >= 4 is 34.8 Å². The molecule has 3 heterocycles. The third-order valence-electron chi connectivity index (χ3n) is 6.72. The van der Waals surface area contributed by atoms with Crippen molar-refractivity contribution in [2.45, 2.75) is 59.1 Å². The molecular formula is C28H35N3O6S. The lowest BCUT2D eigenvalue weighted by molar-refractivity contribution is -0.151. The number of nitrogens with zero attached hydrogens (tertiary/aromatic N) is 3. The van der Waals surface area contributed by atoms with Crippen molar-refractivity contribution in [3.8, 4) is 5.75 Å². The standard InChI is InChI=1S/C28H35N3O6S/c1-6-36-26(33)19-10-9-13-30(15-19)23(32)14-20-16-38-28-29-18(4)24(27(34)37-17(2)3)25(31(20)28)21-11-7-8-12-22(21)35-5/h7-8,11-12,16-17,19,25H,6,9-10,13-15H2,1-5H3/t19-,25-/m1/s1. The van der Waals surface area contributed by atoms with E-state index in [9.17, 15) is 14.4 Å². The molecule has 2 atom stereocenters. The van der Waals surface area contributed by atoms with Crippen LogP contribution in [0.1, 0.15) is 58.6 Å². The van der Waals surface area contributed by atoms with E-state index < -0.39 is 12.0 Å². The van der Waals surface area contributed by atoms with Gasteiger partial charge < -0.3 is 24.0 Å². The number of allylic oxidation sites excluding steroid dienone is 1. The van der Waals surface area contributed by atoms with Crippen molar-refractivity contribution in [3.63, 3.8) is 0 Å². The molecule has 10 heteroatoms. The number of hydrogen-bond donors (Lipinski definition) is 0. The number of amidine groups is 1. The number of esters is 2. The maximum Gasteiger partial charge on any atom is 0.338 e. The second-order valence-electron chi connectivity index (χ2n) is 9.70. The van der Waals surface area contributed by atoms with Crippen LogP contribution in [-0.2, 0) is 23.9 Å². The Bertz CT molecular complexity index is 1190. The topological polar surface area (TPSA) is 97.7 Å². The summed E-state index contributed by atoms with van der Waals surface area (Å²) < 4.78 is 16.5. The molecule has 0 saturated carbocycles. The molecule has 0 bridgehead atoms. The molecule has 1 aromatic carbocycles. The smallest absolute Gasteiger partial charge is 0.338 e. The molecule has 38 heavy (non-hydrogen) atoms. The molecule has 0 aliphatic carbocycles. The van der Waals surface area contributed by atoms with Gasteiger partial charge in [0.05, 0.1) is 49.5 Å². The fourth-order valence-corrected chi connectivity index (χ4v) is 5.98. The number of methoxy groups -OCH3 is 1. The highest BCUT2D eigenvalue weighted by Crippen LogP contribution is 2.47. The van der Waals surface area contributed by atoms with Gasteiger partial charge in [-0.3, -0.25) is 9.59 Å². The van der Waals surface area contributed by atoms with Crippen LogP contribution < -0.4 is 4.74 Å². The Morgan fingerprint density at radius 1 is 1.21 bits per heavy atom. The molecule has 1 saturated heterocycles. The van der Waals surface area contributed by atoms with E-state index in [1.165, 1.54) is 11.8 Å². The van der Waals surface area contributed by atoms with Crippen LogP contribution in [0.4, 0.5) is 0 Å². The van der Waals surface area contributed by atoms with Gasteiger partial charge in [0.2, 0.25) is 5.91 Å². The van der Waals surface area contributed by atoms with Crippen molar-refractivity contribution in [3.05, 3.63) is 52.2 Å². The summed E-state index contributed by atoms with van der Waals surface area (Å²) in [6, 6.07) is 6.96. The molecule has 0 spiro atoms. The zero-order valence-electron chi connectivity index (χ0n) is 22.6. The number of rotatable bonds is 8. The van der Waals surface area contributed by atoms with Crippen LogP contribution in [0.5, 0.6) is 5.75 Å². The maximum atomic E-state index is 13.5. The number of likely N-dealkylation sites (tertiary alicyclic amines) is 1. The summed E-state index contributed by atoms with van der Waals surface area (Å²) >= 11 is 1.42. The first-order valence-corrected chi connectivity index (χ1v) is 13.9. The zero-order valence-corrected chi connectivity index (χ0v) is 23.4. The van der Waals surface area contributed by atoms with Gasteiger partial charge in [-0.05, 0) is 52.0 Å². The predicted octanol–water partition coefficient (Wildman–Crippen LogP) is 4.41. The van der Waals surface area contributed by atoms with Crippen LogP contribution in [0.15, 0.2) is 51.6 Å². The van der Waals surface area contributed by atoms with E-state index in [4.69, 9.17) is 19.2 Å². The van der Waals surface area contributed by atoms with Gasteiger partial charge in [0, 0.05) is 24.4 Å². The Labute approximate surface area is 227 Å². The average Bonchev–Trinajstić information content (AvgIpc) is 3.29. The van der Waals surface area contributed by atoms with Gasteiger partial charge in [-0.15, -0.1) is 0 Å². The Morgan fingerprint density at radius 2 is 1.97 bits per heavy atom. The number of ether oxygens (including phenoxy) is 3. The Kier molecular flexibility index (Phi) is 8.81. The summed E-state index contributed by atoms with van der Waals surface area (Å²) in [4.78, 5) is 47.5. The maximum absolute atomic E-state index is 13.5. The third-order valence-corrected chi connectivity index (χ3v) is 7.61. The van der Waals surface area contributed by atoms with E-state index in [1.807, 2.05) is 34.6 Å². The van der Waals surface area contributed by atoms with E-state index >= 15 is 0 Å². The lowest BCUT2D eigenvalue weighted by atomic mass is 9.93. The molecule has 3 aliphatic heterocycles. The number of benzene rings is 1. The van der Waals surface area contributed by atoms with Gasteiger partial charge >= 0.3 is 11.9 Å². The van der Waals surface area contributed by atoms with Gasteiger partial charge in [0.25, 0.3) is 0 Å². The van der Waals surface area contributed by atoms with Gasteiger partial charge in [-0.2, -0.15) is 0 Å². The summed E-state index contributed by atoms with van der Waals surface area (Å²) in [5.74, 6) is -0.472. The molecule has 1 amide bonds. The Hall–Kier alpha value is -3.27. The average molecular weight is 542 g/mol. The lowest BCUT2D eigenvalue weighted by Crippen LogP contribution is -2.44. The van der Waals surface area contributed by atoms with Crippen LogP contribution in [0.2, 0.25) is 0 Å². The van der Waals surface area contributed by atoms with Gasteiger partial charge in [0.15, 0.2) is 5.17 Å². The van der Waals surface area contributed by atoms with Crippen LogP contribution in [-0.4, -0.2) is 65.7 Å². The molecule has 4 rings (SSSR count). The highest BCUT2D eigenvalue weighted by atomic mass is 32.2. The quantitative estimate of drug-likeness (QED) is 0.447. The van der Waals surface area contributed by atoms with Crippen molar-refractivity contribution in [1.29, 1.82) is 0 Å². The molecule has 1 fully saturated rings. The normalized spacial score (nSPS) is 21.1. The van der Waals surface area contributed by atoms with E-state index in [1.54, 1.807) is 39.7 Å². The van der Waals surface area contributed by atoms with Crippen LogP contribution in [0, 0.1) is 5.92 Å². The highest BCUT2D eigenvalue weighted by molar-refractivity contribution is 8.16. The minimum absolute atomic E-state index is 0.0801. The SMILES string of the molecule is CCOC(=O)[C@@H]1CCCN(C(=O)CC2=CSC3=NC(C)=C(C(=O)OC(C)C)[C@@H](c4ccccc4OC)N23)C1. The van der Waals surface area contributed by atoms with Crippen molar-refractivity contribution in [2.75, 3.05) is 26.8 Å². The largest absolute Gasteiger partial charge is 0.496 e. The molecule has 0 N–H and O–H groups in total. The molecular weight excluding hydrogens is 506 g/mol. The molecule has 204 valence electrons. The van der Waals surface area contributed by atoms with Crippen LogP contribution in [0.25, 0.3) is 0 Å². The number of amides is 1. The second kappa shape index (κ2) is 12.1. The summed E-state index contributed by atoms with van der Waals surface area (Å²) in [5, 5.41) is 2.60. The predicted molar refractivity (Wildman–Crippen MR) is 145 cm³/mol. The number of fused-ring (bicyclic) bond motifs is 1. The van der Waals surface area contributed by atoms with E-state index in [0.29, 0.717) is 48.3 Å². The highest BCUT2D eigenvalue weighted by Gasteiger charge is 2.43. The first kappa shape index (κ1) is 27.8. The number of para-hydroxylation sites is 1. The summed E-state index contributed by atoms with van der Waals surface area (Å²) in [6.07, 6.45) is 1.27. The van der Waals surface area contributed by atoms with E-state index in [-0.39, 0.29) is 30.3 Å². The summed E-state index contributed by atoms with van der Waals surface area (Å²) in [7, 11) is 1.59. The number of carbonyl (C=O) groups is 3. The van der Waals surface area contributed by atoms with Crippen molar-refractivity contribution in [2.24, 2.45) is 10.9 Å². The first-order valence-electron chi connectivity index (χ1n) is 13.0. The number of aliphatic imine (C=N–C) groups is 1. The molecule has 9 nitrogen and oxygen atoms in total. The fraction of sp³-hybridized carbons (Fsp3) is 0.500. The number of hydrogen-bond acceptors (Lipinski definition) is 9. The fourth-order valence-electron chi connectivity index (χ4n) is 5.02. The molecule has 1 aromatic rings. The summed E-state index contributed by atoms with van der Waals surface area (Å²) in [6.45, 7) is 8.46. The first-order chi connectivity index (χ1) is 18.2. The van der Waals surface area contributed by atoms with Gasteiger partial charge in [-0.25, -0.2) is 9.79 Å². The van der Waals surface area contributed by atoms with Crippen molar-refractivity contribution < 1.29 is 28.6 Å². The van der Waals surface area contributed by atoms with Crippen LogP contribution in [0.3, 0.4) is 0 Å². The Morgan fingerprint density at radius 3 is 2.68 bits per heavy atom. The zero-order chi connectivity index (χ0) is 27.4. The summed E-state index contributed by atoms with van der Waals surface area (Å²) in [5.41, 5.74) is 2.49. The lowest BCUT2D eigenvalue weighted by Gasteiger charge is -2.38.